The summed E-state index contributed by atoms with van der Waals surface area (Å²) in [5, 5.41) is 5.62. The van der Waals surface area contributed by atoms with Crippen LogP contribution >= 0.6 is 0 Å². The molecular formula is C24H29N3O3. The van der Waals surface area contributed by atoms with Gasteiger partial charge in [-0.1, -0.05) is 60.7 Å². The number of hydrogen-bond donors (Lipinski definition) is 2. The Labute approximate surface area is 177 Å². The molecule has 0 aliphatic carbocycles. The highest BCUT2D eigenvalue weighted by atomic mass is 16.2. The highest BCUT2D eigenvalue weighted by Crippen LogP contribution is 2.27. The first-order valence-electron chi connectivity index (χ1n) is 10.4. The Morgan fingerprint density at radius 1 is 1.00 bits per heavy atom. The smallest absolute Gasteiger partial charge is 0.325 e. The van der Waals surface area contributed by atoms with Crippen LogP contribution in [0.15, 0.2) is 60.7 Å². The highest BCUT2D eigenvalue weighted by Gasteiger charge is 2.43. The van der Waals surface area contributed by atoms with Crippen LogP contribution in [-0.4, -0.2) is 41.4 Å². The third kappa shape index (κ3) is 5.26. The van der Waals surface area contributed by atoms with E-state index in [1.807, 2.05) is 36.4 Å². The standard InChI is InChI=1S/C24H29N3O3/c1-24(2)22(29)27(23(30)26-24)17-9-14-21(28)25-16-15-20(18-10-5-3-6-11-18)19-12-7-4-8-13-19/h3-8,10-13,20H,9,14-17H2,1-2H3,(H,25,28)(H,26,30). The third-order valence-corrected chi connectivity index (χ3v) is 5.39. The lowest BCUT2D eigenvalue weighted by Gasteiger charge is -2.18. The van der Waals surface area contributed by atoms with Crippen LogP contribution < -0.4 is 10.6 Å². The average Bonchev–Trinajstić information content (AvgIpc) is 2.94. The van der Waals surface area contributed by atoms with Crippen LogP contribution in [0.4, 0.5) is 4.79 Å². The second kappa shape index (κ2) is 9.57. The summed E-state index contributed by atoms with van der Waals surface area (Å²) in [6.07, 6.45) is 1.52. The molecular weight excluding hydrogens is 378 g/mol. The topological polar surface area (TPSA) is 78.5 Å². The van der Waals surface area contributed by atoms with Crippen molar-refractivity contribution in [3.05, 3.63) is 71.8 Å². The summed E-state index contributed by atoms with van der Waals surface area (Å²) in [5.41, 5.74) is 1.57. The molecule has 0 spiro atoms. The van der Waals surface area contributed by atoms with Gasteiger partial charge in [0.05, 0.1) is 0 Å². The molecule has 1 aliphatic heterocycles. The zero-order valence-electron chi connectivity index (χ0n) is 17.6. The number of benzene rings is 2. The van der Waals surface area contributed by atoms with E-state index < -0.39 is 5.54 Å². The van der Waals surface area contributed by atoms with E-state index >= 15 is 0 Å². The largest absolute Gasteiger partial charge is 0.356 e. The van der Waals surface area contributed by atoms with Crippen molar-refractivity contribution in [3.8, 4) is 0 Å². The number of carbonyl (C=O) groups excluding carboxylic acids is 3. The summed E-state index contributed by atoms with van der Waals surface area (Å²) in [5.74, 6) is -0.108. The van der Waals surface area contributed by atoms with Crippen LogP contribution in [0.3, 0.4) is 0 Å². The number of nitrogens with zero attached hydrogens (tertiary/aromatic N) is 1. The van der Waals surface area contributed by atoms with Crippen molar-refractivity contribution < 1.29 is 14.4 Å². The zero-order chi connectivity index (χ0) is 21.6. The molecule has 2 N–H and O–H groups in total. The molecule has 4 amide bonds. The van der Waals surface area contributed by atoms with E-state index in [-0.39, 0.29) is 36.7 Å². The van der Waals surface area contributed by atoms with Gasteiger partial charge in [0.2, 0.25) is 5.91 Å². The lowest BCUT2D eigenvalue weighted by atomic mass is 9.88. The van der Waals surface area contributed by atoms with Crippen molar-refractivity contribution in [1.82, 2.24) is 15.5 Å². The van der Waals surface area contributed by atoms with Crippen LogP contribution in [0.1, 0.15) is 50.2 Å². The van der Waals surface area contributed by atoms with E-state index in [2.05, 4.69) is 34.9 Å². The molecule has 1 fully saturated rings. The molecule has 2 aromatic rings. The Kier molecular flexibility index (Phi) is 6.87. The van der Waals surface area contributed by atoms with Crippen molar-refractivity contribution in [2.75, 3.05) is 13.1 Å². The van der Waals surface area contributed by atoms with E-state index in [4.69, 9.17) is 0 Å². The van der Waals surface area contributed by atoms with E-state index in [0.717, 1.165) is 6.42 Å². The second-order valence-electron chi connectivity index (χ2n) is 8.13. The summed E-state index contributed by atoms with van der Waals surface area (Å²) in [6.45, 7) is 4.16. The minimum atomic E-state index is -0.872. The van der Waals surface area contributed by atoms with Gasteiger partial charge in [0.15, 0.2) is 0 Å². The van der Waals surface area contributed by atoms with Crippen LogP contribution in [0.5, 0.6) is 0 Å². The van der Waals surface area contributed by atoms with E-state index in [1.165, 1.54) is 16.0 Å². The second-order valence-corrected chi connectivity index (χ2v) is 8.13. The Morgan fingerprint density at radius 2 is 1.57 bits per heavy atom. The highest BCUT2D eigenvalue weighted by molar-refractivity contribution is 6.06. The maximum absolute atomic E-state index is 12.2. The first kappa shape index (κ1) is 21.6. The molecule has 0 bridgehead atoms. The fourth-order valence-corrected chi connectivity index (χ4v) is 3.76. The predicted molar refractivity (Wildman–Crippen MR) is 116 cm³/mol. The van der Waals surface area contributed by atoms with Crippen molar-refractivity contribution in [2.24, 2.45) is 0 Å². The minimum absolute atomic E-state index is 0.0683. The molecule has 2 aromatic carbocycles. The molecule has 0 atom stereocenters. The lowest BCUT2D eigenvalue weighted by Crippen LogP contribution is -2.40. The van der Waals surface area contributed by atoms with Gasteiger partial charge in [0, 0.05) is 25.4 Å². The third-order valence-electron chi connectivity index (χ3n) is 5.39. The SMILES string of the molecule is CC1(C)NC(=O)N(CCCC(=O)NCCC(c2ccccc2)c2ccccc2)C1=O. The number of urea groups is 1. The van der Waals surface area contributed by atoms with Gasteiger partial charge in [0.1, 0.15) is 5.54 Å². The molecule has 0 unspecified atom stereocenters. The molecule has 6 heteroatoms. The lowest BCUT2D eigenvalue weighted by molar-refractivity contribution is -0.130. The van der Waals surface area contributed by atoms with Gasteiger partial charge in [-0.3, -0.25) is 14.5 Å². The first-order valence-corrected chi connectivity index (χ1v) is 10.4. The van der Waals surface area contributed by atoms with Gasteiger partial charge in [0.25, 0.3) is 5.91 Å². The molecule has 0 radical (unpaired) electrons. The summed E-state index contributed by atoms with van der Waals surface area (Å²) >= 11 is 0. The van der Waals surface area contributed by atoms with Gasteiger partial charge in [-0.25, -0.2) is 4.79 Å². The van der Waals surface area contributed by atoms with Gasteiger partial charge in [-0.15, -0.1) is 0 Å². The fraction of sp³-hybridized carbons (Fsp3) is 0.375. The van der Waals surface area contributed by atoms with E-state index in [0.29, 0.717) is 13.0 Å². The molecule has 1 aliphatic rings. The number of amides is 4. The summed E-state index contributed by atoms with van der Waals surface area (Å²) in [6, 6.07) is 20.2. The Bertz CT molecular complexity index is 842. The average molecular weight is 408 g/mol. The van der Waals surface area contributed by atoms with E-state index in [9.17, 15) is 14.4 Å². The summed E-state index contributed by atoms with van der Waals surface area (Å²) in [7, 11) is 0. The van der Waals surface area contributed by atoms with Gasteiger partial charge >= 0.3 is 6.03 Å². The zero-order valence-corrected chi connectivity index (χ0v) is 17.6. The molecule has 30 heavy (non-hydrogen) atoms. The van der Waals surface area contributed by atoms with Crippen LogP contribution in [-0.2, 0) is 9.59 Å². The maximum atomic E-state index is 12.2. The molecule has 0 aromatic heterocycles. The molecule has 6 nitrogen and oxygen atoms in total. The first-order chi connectivity index (χ1) is 14.4. The van der Waals surface area contributed by atoms with Crippen molar-refractivity contribution >= 4 is 17.8 Å². The number of hydrogen-bond acceptors (Lipinski definition) is 3. The Balaban J connectivity index is 1.47. The number of nitrogens with one attached hydrogen (secondary N) is 2. The van der Waals surface area contributed by atoms with Gasteiger partial charge in [-0.05, 0) is 37.8 Å². The summed E-state index contributed by atoms with van der Waals surface area (Å²) < 4.78 is 0. The number of imide groups is 1. The van der Waals surface area contributed by atoms with Crippen molar-refractivity contribution in [2.45, 2.75) is 44.6 Å². The fourth-order valence-electron chi connectivity index (χ4n) is 3.76. The van der Waals surface area contributed by atoms with Crippen LogP contribution in [0.2, 0.25) is 0 Å². The van der Waals surface area contributed by atoms with Crippen molar-refractivity contribution in [3.63, 3.8) is 0 Å². The van der Waals surface area contributed by atoms with Crippen molar-refractivity contribution in [1.29, 1.82) is 0 Å². The van der Waals surface area contributed by atoms with Gasteiger partial charge < -0.3 is 10.6 Å². The van der Waals surface area contributed by atoms with Crippen LogP contribution in [0.25, 0.3) is 0 Å². The minimum Gasteiger partial charge on any atom is -0.356 e. The maximum Gasteiger partial charge on any atom is 0.325 e. The normalized spacial score (nSPS) is 15.4. The predicted octanol–water partition coefficient (Wildman–Crippen LogP) is 3.44. The Morgan fingerprint density at radius 3 is 2.07 bits per heavy atom. The number of rotatable bonds is 9. The monoisotopic (exact) mass is 407 g/mol. The summed E-state index contributed by atoms with van der Waals surface area (Å²) in [4.78, 5) is 37.5. The molecule has 0 saturated carbocycles. The molecule has 1 saturated heterocycles. The van der Waals surface area contributed by atoms with Gasteiger partial charge in [-0.2, -0.15) is 0 Å². The Hall–Kier alpha value is -3.15. The molecule has 3 rings (SSSR count). The van der Waals surface area contributed by atoms with E-state index in [1.54, 1.807) is 13.8 Å². The quantitative estimate of drug-likeness (QED) is 0.625. The number of carbonyl (C=O) groups is 3. The van der Waals surface area contributed by atoms with Crippen LogP contribution in [0, 0.1) is 0 Å². The molecule has 1 heterocycles. The molecule has 158 valence electrons.